The van der Waals surface area contributed by atoms with Gasteiger partial charge in [-0.3, -0.25) is 0 Å². The van der Waals surface area contributed by atoms with Gasteiger partial charge in [0.05, 0.1) is 0 Å². The Morgan fingerprint density at radius 2 is 1.86 bits per heavy atom. The van der Waals surface area contributed by atoms with E-state index in [2.05, 4.69) is 0 Å². The Hall–Kier alpha value is -2.02. The van der Waals surface area contributed by atoms with Crippen molar-refractivity contribution in [1.29, 1.82) is 5.26 Å². The summed E-state index contributed by atoms with van der Waals surface area (Å²) in [6, 6.07) is 5.51. The van der Waals surface area contributed by atoms with Gasteiger partial charge in [0.25, 0.3) is 0 Å². The molecule has 0 unspecified atom stereocenters. The van der Waals surface area contributed by atoms with Crippen molar-refractivity contribution in [2.24, 2.45) is 5.92 Å². The molecular weight excluding hydrogens is 275 g/mol. The SMILES string of the molecule is N#CC(F)=CC=C[C@H]1CC[C@H](c2ccc(F)c(F)c2)CC1. The van der Waals surface area contributed by atoms with Crippen LogP contribution in [0.25, 0.3) is 0 Å². The lowest BCUT2D eigenvalue weighted by atomic mass is 9.78. The van der Waals surface area contributed by atoms with E-state index in [4.69, 9.17) is 5.26 Å². The largest absolute Gasteiger partial charge is 0.204 e. The lowest BCUT2D eigenvalue weighted by Crippen LogP contribution is -2.12. The molecule has 1 fully saturated rings. The summed E-state index contributed by atoms with van der Waals surface area (Å²) in [7, 11) is 0. The minimum Gasteiger partial charge on any atom is -0.204 e. The van der Waals surface area contributed by atoms with Crippen LogP contribution in [-0.2, 0) is 0 Å². The third-order valence-electron chi connectivity index (χ3n) is 3.92. The van der Waals surface area contributed by atoms with Crippen LogP contribution in [0.3, 0.4) is 0 Å². The molecule has 0 amide bonds. The van der Waals surface area contributed by atoms with Crippen molar-refractivity contribution in [3.63, 3.8) is 0 Å². The third-order valence-corrected chi connectivity index (χ3v) is 3.92. The first-order valence-corrected chi connectivity index (χ1v) is 6.99. The van der Waals surface area contributed by atoms with Crippen LogP contribution in [0.2, 0.25) is 0 Å². The summed E-state index contributed by atoms with van der Waals surface area (Å²) >= 11 is 0. The minimum absolute atomic E-state index is 0.246. The zero-order valence-electron chi connectivity index (χ0n) is 11.5. The summed E-state index contributed by atoms with van der Waals surface area (Å²) in [5.74, 6) is -1.83. The van der Waals surface area contributed by atoms with Crippen molar-refractivity contribution in [2.75, 3.05) is 0 Å². The first-order chi connectivity index (χ1) is 10.1. The first-order valence-electron chi connectivity index (χ1n) is 6.99. The molecule has 0 aromatic heterocycles. The second-order valence-electron chi connectivity index (χ2n) is 5.30. The van der Waals surface area contributed by atoms with Crippen LogP contribution in [0.1, 0.15) is 37.2 Å². The summed E-state index contributed by atoms with van der Waals surface area (Å²) < 4.78 is 38.8. The fraction of sp³-hybridized carbons (Fsp3) is 0.353. The highest BCUT2D eigenvalue weighted by molar-refractivity contribution is 5.23. The molecule has 0 heterocycles. The third kappa shape index (κ3) is 4.22. The zero-order chi connectivity index (χ0) is 15.2. The fourth-order valence-corrected chi connectivity index (χ4v) is 2.75. The van der Waals surface area contributed by atoms with Crippen LogP contribution in [-0.4, -0.2) is 0 Å². The van der Waals surface area contributed by atoms with Crippen LogP contribution in [0, 0.1) is 28.9 Å². The van der Waals surface area contributed by atoms with Gasteiger partial charge in [0.15, 0.2) is 17.5 Å². The Balaban J connectivity index is 1.91. The second kappa shape index (κ2) is 7.12. The Morgan fingerprint density at radius 1 is 1.14 bits per heavy atom. The standard InChI is InChI=1S/C17H16F3N/c18-15(11-21)3-1-2-12-4-6-13(7-5-12)14-8-9-16(19)17(20)10-14/h1-3,8-10,12-13H,4-7H2/t12-,13-. The summed E-state index contributed by atoms with van der Waals surface area (Å²) in [4.78, 5) is 0. The topological polar surface area (TPSA) is 23.8 Å². The minimum atomic E-state index is -0.818. The van der Waals surface area contributed by atoms with Gasteiger partial charge in [0, 0.05) is 0 Å². The molecule has 1 aromatic carbocycles. The molecule has 1 aromatic rings. The van der Waals surface area contributed by atoms with E-state index >= 15 is 0 Å². The quantitative estimate of drug-likeness (QED) is 0.556. The molecule has 1 nitrogen and oxygen atoms in total. The molecule has 2 rings (SSSR count). The van der Waals surface area contributed by atoms with Crippen LogP contribution in [0.4, 0.5) is 13.2 Å². The maximum Gasteiger partial charge on any atom is 0.199 e. The molecular formula is C17H16F3N. The Labute approximate surface area is 122 Å². The molecule has 4 heteroatoms. The van der Waals surface area contributed by atoms with Crippen LogP contribution in [0.5, 0.6) is 0 Å². The zero-order valence-corrected chi connectivity index (χ0v) is 11.5. The number of hydrogen-bond acceptors (Lipinski definition) is 1. The van der Waals surface area contributed by atoms with Gasteiger partial charge in [0.1, 0.15) is 6.07 Å². The molecule has 0 N–H and O–H groups in total. The number of nitriles is 1. The van der Waals surface area contributed by atoms with Gasteiger partial charge in [-0.25, -0.2) is 8.78 Å². The van der Waals surface area contributed by atoms with Crippen molar-refractivity contribution in [3.8, 4) is 6.07 Å². The molecule has 1 saturated carbocycles. The average molecular weight is 291 g/mol. The van der Waals surface area contributed by atoms with E-state index in [0.717, 1.165) is 37.3 Å². The van der Waals surface area contributed by atoms with Gasteiger partial charge < -0.3 is 0 Å². The Kier molecular flexibility index (Phi) is 5.21. The van der Waals surface area contributed by atoms with Crippen LogP contribution >= 0.6 is 0 Å². The van der Waals surface area contributed by atoms with Gasteiger partial charge in [-0.2, -0.15) is 9.65 Å². The summed E-state index contributed by atoms with van der Waals surface area (Å²) in [5, 5.41) is 8.29. The molecule has 1 aliphatic carbocycles. The van der Waals surface area contributed by atoms with Gasteiger partial charge in [-0.1, -0.05) is 18.2 Å². The summed E-state index contributed by atoms with van der Waals surface area (Å²) in [6.45, 7) is 0. The molecule has 0 bridgehead atoms. The first kappa shape index (κ1) is 15.4. The number of nitrogens with zero attached hydrogens (tertiary/aromatic N) is 1. The number of hydrogen-bond donors (Lipinski definition) is 0. The highest BCUT2D eigenvalue weighted by Gasteiger charge is 2.21. The highest BCUT2D eigenvalue weighted by Crippen LogP contribution is 2.36. The number of benzene rings is 1. The molecule has 0 aliphatic heterocycles. The number of allylic oxidation sites excluding steroid dienone is 4. The molecule has 0 atom stereocenters. The predicted molar refractivity (Wildman–Crippen MR) is 75.0 cm³/mol. The van der Waals surface area contributed by atoms with E-state index < -0.39 is 17.5 Å². The van der Waals surface area contributed by atoms with E-state index in [1.807, 2.05) is 6.08 Å². The van der Waals surface area contributed by atoms with E-state index in [0.29, 0.717) is 5.92 Å². The number of halogens is 3. The maximum absolute atomic E-state index is 13.2. The lowest BCUT2D eigenvalue weighted by Gasteiger charge is -2.27. The van der Waals surface area contributed by atoms with Gasteiger partial charge >= 0.3 is 0 Å². The molecule has 0 spiro atoms. The van der Waals surface area contributed by atoms with E-state index in [1.54, 1.807) is 12.1 Å². The monoisotopic (exact) mass is 291 g/mol. The predicted octanol–water partition coefficient (Wildman–Crippen LogP) is 5.17. The van der Waals surface area contributed by atoms with Gasteiger partial charge in [-0.05, 0) is 61.3 Å². The smallest absolute Gasteiger partial charge is 0.199 e. The van der Waals surface area contributed by atoms with E-state index in [9.17, 15) is 13.2 Å². The summed E-state index contributed by atoms with van der Waals surface area (Å²) in [6.07, 6.45) is 8.25. The van der Waals surface area contributed by atoms with Crippen LogP contribution in [0.15, 0.2) is 42.3 Å². The highest BCUT2D eigenvalue weighted by atomic mass is 19.2. The molecule has 1 aliphatic rings. The molecule has 21 heavy (non-hydrogen) atoms. The van der Waals surface area contributed by atoms with Crippen molar-refractivity contribution >= 4 is 0 Å². The fourth-order valence-electron chi connectivity index (χ4n) is 2.75. The van der Waals surface area contributed by atoms with Crippen molar-refractivity contribution < 1.29 is 13.2 Å². The van der Waals surface area contributed by atoms with E-state index in [1.165, 1.54) is 18.2 Å². The van der Waals surface area contributed by atoms with Crippen LogP contribution < -0.4 is 0 Å². The normalized spacial score (nSPS) is 23.2. The molecule has 0 saturated heterocycles. The van der Waals surface area contributed by atoms with Crippen molar-refractivity contribution in [1.82, 2.24) is 0 Å². The van der Waals surface area contributed by atoms with E-state index in [-0.39, 0.29) is 5.92 Å². The molecule has 110 valence electrons. The van der Waals surface area contributed by atoms with Crippen molar-refractivity contribution in [3.05, 3.63) is 59.5 Å². The average Bonchev–Trinajstić information content (AvgIpc) is 2.50. The Morgan fingerprint density at radius 3 is 2.48 bits per heavy atom. The lowest BCUT2D eigenvalue weighted by molar-refractivity contribution is 0.374. The molecule has 0 radical (unpaired) electrons. The second-order valence-corrected chi connectivity index (χ2v) is 5.30. The Bertz CT molecular complexity index is 591. The summed E-state index contributed by atoms with van der Waals surface area (Å²) in [5.41, 5.74) is 0.840. The van der Waals surface area contributed by atoms with Gasteiger partial charge in [0.2, 0.25) is 0 Å². The maximum atomic E-state index is 13.2. The number of rotatable bonds is 3. The van der Waals surface area contributed by atoms with Gasteiger partial charge in [-0.15, -0.1) is 0 Å². The van der Waals surface area contributed by atoms with Crippen molar-refractivity contribution in [2.45, 2.75) is 31.6 Å².